The zero-order valence-corrected chi connectivity index (χ0v) is 9.91. The van der Waals surface area contributed by atoms with Gasteiger partial charge in [-0.15, -0.1) is 0 Å². The molecule has 0 saturated heterocycles. The molecule has 0 aliphatic heterocycles. The summed E-state index contributed by atoms with van der Waals surface area (Å²) >= 11 is 0. The molecule has 0 aliphatic carbocycles. The van der Waals surface area contributed by atoms with Gasteiger partial charge in [0.25, 0.3) is 0 Å². The van der Waals surface area contributed by atoms with Crippen molar-refractivity contribution < 1.29 is 4.74 Å². The minimum absolute atomic E-state index is 0.168. The van der Waals surface area contributed by atoms with E-state index in [9.17, 15) is 4.79 Å². The molecular weight excluding hydrogens is 232 g/mol. The normalized spacial score (nSPS) is 10.0. The van der Waals surface area contributed by atoms with E-state index in [0.717, 1.165) is 0 Å². The number of rotatable bonds is 4. The fourth-order valence-electron chi connectivity index (χ4n) is 1.45. The van der Waals surface area contributed by atoms with E-state index < -0.39 is 0 Å². The fraction of sp³-hybridized carbons (Fsp3) is 0.250. The Morgan fingerprint density at radius 2 is 2.11 bits per heavy atom. The third kappa shape index (κ3) is 2.58. The Balaban J connectivity index is 1.90. The lowest BCUT2D eigenvalue weighted by Gasteiger charge is -2.05. The summed E-state index contributed by atoms with van der Waals surface area (Å²) in [6.45, 7) is 0.739. The van der Waals surface area contributed by atoms with Crippen LogP contribution in [0.15, 0.2) is 35.4 Å². The van der Waals surface area contributed by atoms with Crippen LogP contribution in [0.1, 0.15) is 5.56 Å². The molecule has 6 nitrogen and oxygen atoms in total. The molecular formula is C12H12N4O2. The molecule has 0 aliphatic rings. The van der Waals surface area contributed by atoms with Gasteiger partial charge in [-0.1, -0.05) is 0 Å². The standard InChI is InChI=1S/C12H12N4O2/c1-15-9-14-16(12(15)17)6-7-18-11-4-2-10(8-13)3-5-11/h2-5,9H,6-7H2,1H3. The average molecular weight is 244 g/mol. The molecule has 0 bridgehead atoms. The molecule has 1 aromatic carbocycles. The first-order chi connectivity index (χ1) is 8.70. The van der Waals surface area contributed by atoms with Gasteiger partial charge in [0.1, 0.15) is 18.7 Å². The molecule has 18 heavy (non-hydrogen) atoms. The van der Waals surface area contributed by atoms with Gasteiger partial charge in [0.05, 0.1) is 18.2 Å². The second-order valence-electron chi connectivity index (χ2n) is 3.73. The zero-order chi connectivity index (χ0) is 13.0. The van der Waals surface area contributed by atoms with E-state index in [1.54, 1.807) is 31.3 Å². The van der Waals surface area contributed by atoms with E-state index in [-0.39, 0.29) is 5.69 Å². The number of benzene rings is 1. The second kappa shape index (κ2) is 5.19. The molecule has 0 spiro atoms. The number of aryl methyl sites for hydroxylation is 1. The largest absolute Gasteiger partial charge is 0.492 e. The Hall–Kier alpha value is -2.55. The van der Waals surface area contributed by atoms with Gasteiger partial charge in [-0.2, -0.15) is 10.4 Å². The highest BCUT2D eigenvalue weighted by atomic mass is 16.5. The van der Waals surface area contributed by atoms with Crippen LogP contribution in [-0.4, -0.2) is 21.0 Å². The summed E-state index contributed by atoms with van der Waals surface area (Å²) in [5, 5.41) is 12.6. The zero-order valence-electron chi connectivity index (χ0n) is 9.91. The average Bonchev–Trinajstić information content (AvgIpc) is 2.71. The van der Waals surface area contributed by atoms with Gasteiger partial charge in [-0.05, 0) is 24.3 Å². The molecule has 6 heteroatoms. The molecule has 0 radical (unpaired) electrons. The summed E-state index contributed by atoms with van der Waals surface area (Å²) < 4.78 is 8.20. The minimum atomic E-state index is -0.168. The van der Waals surface area contributed by atoms with Crippen LogP contribution in [0.5, 0.6) is 5.75 Å². The molecule has 1 aromatic heterocycles. The van der Waals surface area contributed by atoms with Crippen molar-refractivity contribution in [3.63, 3.8) is 0 Å². The molecule has 0 saturated carbocycles. The molecule has 0 unspecified atom stereocenters. The second-order valence-corrected chi connectivity index (χ2v) is 3.73. The topological polar surface area (TPSA) is 72.8 Å². The van der Waals surface area contributed by atoms with Gasteiger partial charge in [0.15, 0.2) is 0 Å². The maximum atomic E-state index is 11.5. The van der Waals surface area contributed by atoms with E-state index in [2.05, 4.69) is 5.10 Å². The lowest BCUT2D eigenvalue weighted by molar-refractivity contribution is 0.288. The van der Waals surface area contributed by atoms with Crippen LogP contribution in [0.2, 0.25) is 0 Å². The quantitative estimate of drug-likeness (QED) is 0.786. The number of hydrogen-bond donors (Lipinski definition) is 0. The Labute approximate surface area is 104 Å². The SMILES string of the molecule is Cn1cnn(CCOc2ccc(C#N)cc2)c1=O. The maximum absolute atomic E-state index is 11.5. The number of ether oxygens (including phenoxy) is 1. The number of aromatic nitrogens is 3. The summed E-state index contributed by atoms with van der Waals surface area (Å²) in [7, 11) is 1.65. The summed E-state index contributed by atoms with van der Waals surface area (Å²) in [6.07, 6.45) is 1.46. The van der Waals surface area contributed by atoms with Gasteiger partial charge < -0.3 is 4.74 Å². The third-order valence-electron chi connectivity index (χ3n) is 2.44. The van der Waals surface area contributed by atoms with Crippen molar-refractivity contribution in [1.29, 1.82) is 5.26 Å². The molecule has 0 N–H and O–H groups in total. The summed E-state index contributed by atoms with van der Waals surface area (Å²) in [5.74, 6) is 0.665. The van der Waals surface area contributed by atoms with E-state index >= 15 is 0 Å². The third-order valence-corrected chi connectivity index (χ3v) is 2.44. The van der Waals surface area contributed by atoms with E-state index in [0.29, 0.717) is 24.5 Å². The van der Waals surface area contributed by atoms with E-state index in [1.165, 1.54) is 15.6 Å². The molecule has 2 rings (SSSR count). The van der Waals surface area contributed by atoms with Gasteiger partial charge in [0.2, 0.25) is 0 Å². The first-order valence-electron chi connectivity index (χ1n) is 5.42. The van der Waals surface area contributed by atoms with Gasteiger partial charge in [-0.25, -0.2) is 9.48 Å². The predicted molar refractivity (Wildman–Crippen MR) is 64.1 cm³/mol. The van der Waals surface area contributed by atoms with Crippen LogP contribution >= 0.6 is 0 Å². The van der Waals surface area contributed by atoms with Crippen LogP contribution in [0.25, 0.3) is 0 Å². The van der Waals surface area contributed by atoms with Crippen molar-refractivity contribution in [3.8, 4) is 11.8 Å². The minimum Gasteiger partial charge on any atom is -0.492 e. The Morgan fingerprint density at radius 3 is 2.67 bits per heavy atom. The Morgan fingerprint density at radius 1 is 1.39 bits per heavy atom. The van der Waals surface area contributed by atoms with E-state index in [1.807, 2.05) is 6.07 Å². The number of hydrogen-bond acceptors (Lipinski definition) is 4. The van der Waals surface area contributed by atoms with Crippen molar-refractivity contribution in [2.45, 2.75) is 6.54 Å². The van der Waals surface area contributed by atoms with Gasteiger partial charge in [0, 0.05) is 7.05 Å². The smallest absolute Gasteiger partial charge is 0.345 e. The lowest BCUT2D eigenvalue weighted by atomic mass is 10.2. The molecule has 2 aromatic rings. The lowest BCUT2D eigenvalue weighted by Crippen LogP contribution is -2.25. The van der Waals surface area contributed by atoms with Crippen molar-refractivity contribution in [2.24, 2.45) is 7.05 Å². The monoisotopic (exact) mass is 244 g/mol. The highest BCUT2D eigenvalue weighted by Crippen LogP contribution is 2.11. The number of nitrogens with zero attached hydrogens (tertiary/aromatic N) is 4. The van der Waals surface area contributed by atoms with Gasteiger partial charge >= 0.3 is 5.69 Å². The first-order valence-corrected chi connectivity index (χ1v) is 5.42. The fourth-order valence-corrected chi connectivity index (χ4v) is 1.45. The van der Waals surface area contributed by atoms with Crippen molar-refractivity contribution >= 4 is 0 Å². The van der Waals surface area contributed by atoms with Crippen molar-refractivity contribution in [3.05, 3.63) is 46.6 Å². The Bertz CT molecular complexity index is 619. The maximum Gasteiger partial charge on any atom is 0.345 e. The Kier molecular flexibility index (Phi) is 3.44. The molecule has 0 fully saturated rings. The molecule has 92 valence electrons. The van der Waals surface area contributed by atoms with Crippen LogP contribution in [-0.2, 0) is 13.6 Å². The first kappa shape index (κ1) is 11.9. The molecule has 1 heterocycles. The molecule has 0 atom stereocenters. The summed E-state index contributed by atoms with van der Waals surface area (Å²) in [4.78, 5) is 11.5. The van der Waals surface area contributed by atoms with Crippen molar-refractivity contribution in [2.75, 3.05) is 6.61 Å². The van der Waals surface area contributed by atoms with E-state index in [4.69, 9.17) is 10.00 Å². The van der Waals surface area contributed by atoms with Crippen LogP contribution in [0.4, 0.5) is 0 Å². The highest BCUT2D eigenvalue weighted by Gasteiger charge is 2.01. The van der Waals surface area contributed by atoms with Crippen LogP contribution in [0.3, 0.4) is 0 Å². The van der Waals surface area contributed by atoms with Crippen LogP contribution < -0.4 is 10.4 Å². The molecule has 0 amide bonds. The predicted octanol–water partition coefficient (Wildman–Crippen LogP) is 0.532. The van der Waals surface area contributed by atoms with Crippen molar-refractivity contribution in [1.82, 2.24) is 14.3 Å². The number of nitriles is 1. The van der Waals surface area contributed by atoms with Gasteiger partial charge in [-0.3, -0.25) is 4.57 Å². The van der Waals surface area contributed by atoms with Crippen LogP contribution in [0, 0.1) is 11.3 Å². The summed E-state index contributed by atoms with van der Waals surface area (Å²) in [6, 6.07) is 8.84. The highest BCUT2D eigenvalue weighted by molar-refractivity contribution is 5.34. The summed E-state index contributed by atoms with van der Waals surface area (Å²) in [5.41, 5.74) is 0.418.